The first-order chi connectivity index (χ1) is 13.1. The van der Waals surface area contributed by atoms with Crippen LogP contribution in [0.5, 0.6) is 0 Å². The van der Waals surface area contributed by atoms with Gasteiger partial charge in [0.15, 0.2) is 0 Å². The van der Waals surface area contributed by atoms with Crippen molar-refractivity contribution in [3.8, 4) is 0 Å². The zero-order chi connectivity index (χ0) is 18.8. The molecule has 0 radical (unpaired) electrons. The van der Waals surface area contributed by atoms with Crippen molar-refractivity contribution in [2.75, 3.05) is 6.54 Å². The molecule has 8 heteroatoms. The number of fused-ring (bicyclic) bond motifs is 1. The molecule has 2 aromatic rings. The summed E-state index contributed by atoms with van der Waals surface area (Å²) in [6.45, 7) is 2.21. The molecule has 1 aliphatic heterocycles. The maximum Gasteiger partial charge on any atom is 0.319 e. The van der Waals surface area contributed by atoms with Crippen molar-refractivity contribution >= 4 is 11.9 Å². The quantitative estimate of drug-likeness (QED) is 0.644. The van der Waals surface area contributed by atoms with E-state index in [9.17, 15) is 9.59 Å². The Morgan fingerprint density at radius 1 is 1.37 bits per heavy atom. The van der Waals surface area contributed by atoms with Crippen LogP contribution in [-0.2, 0) is 24.1 Å². The molecular weight excluding hydrogens is 346 g/mol. The van der Waals surface area contributed by atoms with Crippen LogP contribution in [0.3, 0.4) is 0 Å². The average molecular weight is 369 g/mol. The van der Waals surface area contributed by atoms with Crippen molar-refractivity contribution in [1.82, 2.24) is 26.1 Å². The largest absolute Gasteiger partial charge is 0.472 e. The number of nitrogens with one attached hydrogen (secondary N) is 4. The van der Waals surface area contributed by atoms with Gasteiger partial charge in [-0.3, -0.25) is 9.89 Å². The van der Waals surface area contributed by atoms with E-state index in [1.807, 2.05) is 0 Å². The van der Waals surface area contributed by atoms with Gasteiger partial charge in [0.05, 0.1) is 29.8 Å². The normalized spacial score (nSPS) is 19.3. The Hall–Kier alpha value is -3.03. The smallest absolute Gasteiger partial charge is 0.319 e. The highest BCUT2D eigenvalue weighted by molar-refractivity contribution is 5.98. The molecule has 27 heavy (non-hydrogen) atoms. The Morgan fingerprint density at radius 2 is 2.22 bits per heavy atom. The Balaban J connectivity index is 1.44. The number of hydrogen-bond acceptors (Lipinski definition) is 4. The van der Waals surface area contributed by atoms with Gasteiger partial charge in [-0.2, -0.15) is 5.10 Å². The summed E-state index contributed by atoms with van der Waals surface area (Å²) in [6, 6.07) is 0.876. The highest BCUT2D eigenvalue weighted by atomic mass is 16.3. The Kier molecular flexibility index (Phi) is 4.70. The number of amides is 3. The number of allylic oxidation sites excluding steroid dienone is 1. The van der Waals surface area contributed by atoms with Gasteiger partial charge in [0.1, 0.15) is 0 Å². The summed E-state index contributed by atoms with van der Waals surface area (Å²) in [6.07, 6.45) is 8.24. The Labute approximate surface area is 156 Å². The van der Waals surface area contributed by atoms with Crippen LogP contribution in [0.2, 0.25) is 0 Å². The molecule has 3 heterocycles. The van der Waals surface area contributed by atoms with E-state index >= 15 is 0 Å². The predicted molar refractivity (Wildman–Crippen MR) is 97.8 cm³/mol. The van der Waals surface area contributed by atoms with Gasteiger partial charge < -0.3 is 20.4 Å². The molecular formula is C19H23N5O3. The van der Waals surface area contributed by atoms with Crippen LogP contribution in [0.25, 0.3) is 0 Å². The standard InChI is InChI=1S/C19H23N5O3/c1-11-16(17(22-19(26)21-11)12-7-9-27-10-12)18(25)20-8-6-15-13-4-2-3-5-14(13)23-24-15/h7,9-10,17H,2-6,8H2,1H3,(H,20,25)(H,23,24)(H2,21,22,26)/t17-/m0/s1. The minimum absolute atomic E-state index is 0.212. The molecule has 4 rings (SSSR count). The lowest BCUT2D eigenvalue weighted by molar-refractivity contribution is -0.117. The SMILES string of the molecule is CC1=C(C(=O)NCCc2n[nH]c3c2CCCC3)[C@H](c2ccoc2)NC(=O)N1. The van der Waals surface area contributed by atoms with E-state index < -0.39 is 6.04 Å². The van der Waals surface area contributed by atoms with Crippen LogP contribution in [0.1, 0.15) is 48.3 Å². The molecule has 2 aromatic heterocycles. The molecule has 1 atom stereocenters. The molecule has 0 saturated carbocycles. The van der Waals surface area contributed by atoms with Crippen LogP contribution >= 0.6 is 0 Å². The highest BCUT2D eigenvalue weighted by Crippen LogP contribution is 2.27. The fourth-order valence-electron chi connectivity index (χ4n) is 3.83. The summed E-state index contributed by atoms with van der Waals surface area (Å²) in [7, 11) is 0. The number of aromatic amines is 1. The average Bonchev–Trinajstić information content (AvgIpc) is 3.31. The van der Waals surface area contributed by atoms with Gasteiger partial charge in [-0.1, -0.05) is 0 Å². The fraction of sp³-hybridized carbons (Fsp3) is 0.421. The second-order valence-corrected chi connectivity index (χ2v) is 6.97. The van der Waals surface area contributed by atoms with Crippen LogP contribution in [0.15, 0.2) is 34.3 Å². The van der Waals surface area contributed by atoms with Crippen LogP contribution in [0, 0.1) is 0 Å². The van der Waals surface area contributed by atoms with E-state index in [4.69, 9.17) is 4.42 Å². The van der Waals surface area contributed by atoms with E-state index in [1.165, 1.54) is 36.6 Å². The number of hydrogen-bond donors (Lipinski definition) is 4. The minimum Gasteiger partial charge on any atom is -0.472 e. The van der Waals surface area contributed by atoms with Crippen molar-refractivity contribution in [3.63, 3.8) is 0 Å². The molecule has 0 fully saturated rings. The second kappa shape index (κ2) is 7.30. The zero-order valence-electron chi connectivity index (χ0n) is 15.2. The first-order valence-electron chi connectivity index (χ1n) is 9.27. The number of rotatable bonds is 5. The minimum atomic E-state index is -0.532. The van der Waals surface area contributed by atoms with Gasteiger partial charge in [-0.25, -0.2) is 4.79 Å². The fourth-order valence-corrected chi connectivity index (χ4v) is 3.83. The number of carbonyl (C=O) groups is 2. The molecule has 4 N–H and O–H groups in total. The number of carbonyl (C=O) groups excluding carboxylic acids is 2. The molecule has 0 saturated heterocycles. The van der Waals surface area contributed by atoms with Crippen molar-refractivity contribution in [3.05, 3.63) is 52.4 Å². The van der Waals surface area contributed by atoms with Gasteiger partial charge in [-0.15, -0.1) is 0 Å². The van der Waals surface area contributed by atoms with E-state index in [0.29, 0.717) is 24.2 Å². The first-order valence-corrected chi connectivity index (χ1v) is 9.27. The summed E-state index contributed by atoms with van der Waals surface area (Å²) in [5.41, 5.74) is 5.35. The van der Waals surface area contributed by atoms with E-state index in [1.54, 1.807) is 13.0 Å². The molecule has 142 valence electrons. The summed E-state index contributed by atoms with van der Waals surface area (Å²) < 4.78 is 5.11. The van der Waals surface area contributed by atoms with Crippen LogP contribution in [-0.4, -0.2) is 28.7 Å². The molecule has 0 bridgehead atoms. The predicted octanol–water partition coefficient (Wildman–Crippen LogP) is 1.87. The summed E-state index contributed by atoms with van der Waals surface area (Å²) >= 11 is 0. The lowest BCUT2D eigenvalue weighted by Crippen LogP contribution is -2.47. The van der Waals surface area contributed by atoms with Gasteiger partial charge in [0.25, 0.3) is 5.91 Å². The molecule has 8 nitrogen and oxygen atoms in total. The number of aromatic nitrogens is 2. The number of urea groups is 1. The van der Waals surface area contributed by atoms with E-state index in [0.717, 1.165) is 24.1 Å². The maximum atomic E-state index is 12.8. The van der Waals surface area contributed by atoms with Crippen molar-refractivity contribution in [2.45, 2.75) is 45.1 Å². The van der Waals surface area contributed by atoms with Crippen molar-refractivity contribution in [2.24, 2.45) is 0 Å². The number of aryl methyl sites for hydroxylation is 1. The molecule has 0 unspecified atom stereocenters. The highest BCUT2D eigenvalue weighted by Gasteiger charge is 2.31. The Morgan fingerprint density at radius 3 is 3.04 bits per heavy atom. The topological polar surface area (TPSA) is 112 Å². The third kappa shape index (κ3) is 3.47. The third-order valence-corrected chi connectivity index (χ3v) is 5.18. The molecule has 3 amide bonds. The molecule has 0 spiro atoms. The Bertz CT molecular complexity index is 881. The lowest BCUT2D eigenvalue weighted by Gasteiger charge is -2.27. The maximum absolute atomic E-state index is 12.8. The molecule has 0 aromatic carbocycles. The monoisotopic (exact) mass is 369 g/mol. The van der Waals surface area contributed by atoms with Gasteiger partial charge in [0, 0.05) is 29.9 Å². The summed E-state index contributed by atoms with van der Waals surface area (Å²) in [5.74, 6) is -0.212. The van der Waals surface area contributed by atoms with E-state index in [-0.39, 0.29) is 11.9 Å². The first kappa shape index (κ1) is 17.4. The van der Waals surface area contributed by atoms with Crippen molar-refractivity contribution in [1.29, 1.82) is 0 Å². The number of H-pyrrole nitrogens is 1. The van der Waals surface area contributed by atoms with Gasteiger partial charge >= 0.3 is 6.03 Å². The molecule has 2 aliphatic rings. The number of furan rings is 1. The lowest BCUT2D eigenvalue weighted by atomic mass is 9.95. The van der Waals surface area contributed by atoms with Crippen LogP contribution in [0.4, 0.5) is 4.79 Å². The summed E-state index contributed by atoms with van der Waals surface area (Å²) in [4.78, 5) is 24.6. The zero-order valence-corrected chi connectivity index (χ0v) is 15.2. The second-order valence-electron chi connectivity index (χ2n) is 6.97. The molecule has 1 aliphatic carbocycles. The van der Waals surface area contributed by atoms with Crippen LogP contribution < -0.4 is 16.0 Å². The van der Waals surface area contributed by atoms with Gasteiger partial charge in [0.2, 0.25) is 0 Å². The third-order valence-electron chi connectivity index (χ3n) is 5.18. The van der Waals surface area contributed by atoms with E-state index in [2.05, 4.69) is 26.1 Å². The van der Waals surface area contributed by atoms with Gasteiger partial charge in [-0.05, 0) is 44.2 Å². The summed E-state index contributed by atoms with van der Waals surface area (Å²) in [5, 5.41) is 16.0. The number of nitrogens with zero attached hydrogens (tertiary/aromatic N) is 1. The van der Waals surface area contributed by atoms with Crippen molar-refractivity contribution < 1.29 is 14.0 Å².